The van der Waals surface area contributed by atoms with Gasteiger partial charge in [-0.25, -0.2) is 0 Å². The third-order valence-electron chi connectivity index (χ3n) is 4.01. The number of hydrogen-bond acceptors (Lipinski definition) is 4. The molecule has 2 N–H and O–H groups in total. The van der Waals surface area contributed by atoms with Crippen molar-refractivity contribution >= 4 is 17.4 Å². The fraction of sp³-hybridized carbons (Fsp3) is 0.300. The highest BCUT2D eigenvalue weighted by Crippen LogP contribution is 2.34. The first kappa shape index (κ1) is 18.7. The summed E-state index contributed by atoms with van der Waals surface area (Å²) >= 11 is 0. The fourth-order valence-electron chi connectivity index (χ4n) is 2.51. The average Bonchev–Trinajstić information content (AvgIpc) is 2.64. The Bertz CT molecular complexity index is 754. The SMILES string of the molecule is CCC(=O)N(C)c1ccc(-c2ccc(C(C)=O)cc2)c(OCCN)c1. The summed E-state index contributed by atoms with van der Waals surface area (Å²) in [4.78, 5) is 25.0. The van der Waals surface area contributed by atoms with Crippen LogP contribution < -0.4 is 15.4 Å². The summed E-state index contributed by atoms with van der Waals surface area (Å²) < 4.78 is 5.79. The van der Waals surface area contributed by atoms with Gasteiger partial charge >= 0.3 is 0 Å². The van der Waals surface area contributed by atoms with Gasteiger partial charge in [-0.3, -0.25) is 9.59 Å². The number of benzene rings is 2. The molecule has 5 nitrogen and oxygen atoms in total. The molecule has 0 bridgehead atoms. The molecular weight excluding hydrogens is 316 g/mol. The van der Waals surface area contributed by atoms with E-state index in [9.17, 15) is 9.59 Å². The van der Waals surface area contributed by atoms with E-state index in [4.69, 9.17) is 10.5 Å². The molecule has 0 saturated heterocycles. The summed E-state index contributed by atoms with van der Waals surface area (Å²) in [5, 5.41) is 0. The van der Waals surface area contributed by atoms with Crippen LogP contribution in [-0.2, 0) is 4.79 Å². The first-order valence-electron chi connectivity index (χ1n) is 8.32. The van der Waals surface area contributed by atoms with E-state index in [1.165, 1.54) is 0 Å². The molecule has 5 heteroatoms. The average molecular weight is 340 g/mol. The van der Waals surface area contributed by atoms with Gasteiger partial charge in [-0.15, -0.1) is 0 Å². The van der Waals surface area contributed by atoms with Gasteiger partial charge in [-0.1, -0.05) is 31.2 Å². The molecule has 25 heavy (non-hydrogen) atoms. The van der Waals surface area contributed by atoms with Gasteiger partial charge in [0, 0.05) is 42.9 Å². The summed E-state index contributed by atoms with van der Waals surface area (Å²) in [6.07, 6.45) is 0.434. The number of hydrogen-bond donors (Lipinski definition) is 1. The lowest BCUT2D eigenvalue weighted by molar-refractivity contribution is -0.118. The molecule has 0 saturated carbocycles. The van der Waals surface area contributed by atoms with E-state index < -0.39 is 0 Å². The van der Waals surface area contributed by atoms with Gasteiger partial charge in [0.15, 0.2) is 5.78 Å². The van der Waals surface area contributed by atoms with Crippen LogP contribution in [0, 0.1) is 0 Å². The van der Waals surface area contributed by atoms with Crippen LogP contribution in [0.2, 0.25) is 0 Å². The molecular formula is C20H24N2O3. The zero-order valence-corrected chi connectivity index (χ0v) is 14.9. The van der Waals surface area contributed by atoms with Gasteiger partial charge < -0.3 is 15.4 Å². The van der Waals surface area contributed by atoms with Crippen LogP contribution in [0.1, 0.15) is 30.6 Å². The molecule has 2 aromatic rings. The predicted molar refractivity (Wildman–Crippen MR) is 100 cm³/mol. The first-order valence-corrected chi connectivity index (χ1v) is 8.32. The van der Waals surface area contributed by atoms with Crippen LogP contribution >= 0.6 is 0 Å². The standard InChI is InChI=1S/C20H24N2O3/c1-4-20(24)22(3)17-9-10-18(19(13-17)25-12-11-21)16-7-5-15(6-8-16)14(2)23/h5-10,13H,4,11-12,21H2,1-3H3. The highest BCUT2D eigenvalue weighted by Gasteiger charge is 2.13. The number of nitrogens with two attached hydrogens (primary N) is 1. The van der Waals surface area contributed by atoms with Crippen LogP contribution in [0.3, 0.4) is 0 Å². The van der Waals surface area contributed by atoms with Crippen LogP contribution in [0.5, 0.6) is 5.75 Å². The number of Topliss-reactive ketones (excluding diaryl/α,β-unsaturated/α-hetero) is 1. The maximum Gasteiger partial charge on any atom is 0.226 e. The summed E-state index contributed by atoms with van der Waals surface area (Å²) in [5.41, 5.74) is 8.82. The first-order chi connectivity index (χ1) is 12.0. The van der Waals surface area contributed by atoms with Crippen LogP contribution in [0.25, 0.3) is 11.1 Å². The molecule has 0 spiro atoms. The topological polar surface area (TPSA) is 72.6 Å². The monoisotopic (exact) mass is 340 g/mol. The number of carbonyl (C=O) groups is 2. The number of ketones is 1. The zero-order chi connectivity index (χ0) is 18.4. The molecule has 0 fully saturated rings. The van der Waals surface area contributed by atoms with Crippen molar-refractivity contribution in [2.45, 2.75) is 20.3 Å². The Morgan fingerprint density at radius 3 is 2.36 bits per heavy atom. The van der Waals surface area contributed by atoms with Gasteiger partial charge in [0.1, 0.15) is 12.4 Å². The van der Waals surface area contributed by atoms with Crippen LogP contribution in [0.15, 0.2) is 42.5 Å². The number of carbonyl (C=O) groups excluding carboxylic acids is 2. The van der Waals surface area contributed by atoms with Crippen LogP contribution in [-0.4, -0.2) is 31.9 Å². The van der Waals surface area contributed by atoms with E-state index in [0.717, 1.165) is 16.8 Å². The summed E-state index contributed by atoms with van der Waals surface area (Å²) in [5.74, 6) is 0.721. The summed E-state index contributed by atoms with van der Waals surface area (Å²) in [7, 11) is 1.75. The minimum absolute atomic E-state index is 0.0289. The van der Waals surface area contributed by atoms with Crippen molar-refractivity contribution in [3.63, 3.8) is 0 Å². The number of amides is 1. The van der Waals surface area contributed by atoms with E-state index in [2.05, 4.69) is 0 Å². The third kappa shape index (κ3) is 4.45. The van der Waals surface area contributed by atoms with Gasteiger partial charge in [-0.2, -0.15) is 0 Å². The lowest BCUT2D eigenvalue weighted by atomic mass is 10.0. The molecule has 2 rings (SSSR count). The van der Waals surface area contributed by atoms with Crippen molar-refractivity contribution in [1.29, 1.82) is 0 Å². The molecule has 0 aromatic heterocycles. The minimum atomic E-state index is 0.0289. The number of nitrogens with zero attached hydrogens (tertiary/aromatic N) is 1. The molecule has 0 aliphatic carbocycles. The highest BCUT2D eigenvalue weighted by atomic mass is 16.5. The summed E-state index contributed by atoms with van der Waals surface area (Å²) in [6, 6.07) is 13.0. The van der Waals surface area contributed by atoms with E-state index >= 15 is 0 Å². The normalized spacial score (nSPS) is 10.4. The second kappa shape index (κ2) is 8.44. The Morgan fingerprint density at radius 1 is 1.12 bits per heavy atom. The van der Waals surface area contributed by atoms with E-state index in [1.54, 1.807) is 31.0 Å². The Kier molecular flexibility index (Phi) is 6.31. The molecule has 0 unspecified atom stereocenters. The van der Waals surface area contributed by atoms with Gasteiger partial charge in [0.2, 0.25) is 5.91 Å². The van der Waals surface area contributed by atoms with Gasteiger partial charge in [-0.05, 0) is 24.6 Å². The van der Waals surface area contributed by atoms with Crippen molar-refractivity contribution in [2.24, 2.45) is 5.73 Å². The number of anilines is 1. The summed E-state index contributed by atoms with van der Waals surface area (Å²) in [6.45, 7) is 4.15. The van der Waals surface area contributed by atoms with E-state index in [0.29, 0.717) is 30.9 Å². The Balaban J connectivity index is 2.42. The third-order valence-corrected chi connectivity index (χ3v) is 4.01. The minimum Gasteiger partial charge on any atom is -0.492 e. The zero-order valence-electron chi connectivity index (χ0n) is 14.9. The van der Waals surface area contributed by atoms with Gasteiger partial charge in [0.05, 0.1) is 0 Å². The second-order valence-corrected chi connectivity index (χ2v) is 5.76. The molecule has 0 aliphatic rings. The molecule has 0 radical (unpaired) electrons. The lowest BCUT2D eigenvalue weighted by Crippen LogP contribution is -2.25. The van der Waals surface area contributed by atoms with Crippen molar-refractivity contribution < 1.29 is 14.3 Å². The molecule has 0 heterocycles. The second-order valence-electron chi connectivity index (χ2n) is 5.76. The number of rotatable bonds is 7. The van der Waals surface area contributed by atoms with E-state index in [1.807, 2.05) is 37.3 Å². The van der Waals surface area contributed by atoms with Gasteiger partial charge in [0.25, 0.3) is 0 Å². The maximum atomic E-state index is 11.9. The van der Waals surface area contributed by atoms with Crippen molar-refractivity contribution in [1.82, 2.24) is 0 Å². The lowest BCUT2D eigenvalue weighted by Gasteiger charge is -2.19. The smallest absolute Gasteiger partial charge is 0.226 e. The Hall–Kier alpha value is -2.66. The molecule has 132 valence electrons. The Labute approximate surface area is 148 Å². The largest absolute Gasteiger partial charge is 0.492 e. The van der Waals surface area contributed by atoms with E-state index in [-0.39, 0.29) is 11.7 Å². The van der Waals surface area contributed by atoms with Crippen molar-refractivity contribution in [2.75, 3.05) is 25.1 Å². The molecule has 0 aliphatic heterocycles. The molecule has 0 atom stereocenters. The van der Waals surface area contributed by atoms with Crippen LogP contribution in [0.4, 0.5) is 5.69 Å². The fourth-order valence-corrected chi connectivity index (χ4v) is 2.51. The molecule has 2 aromatic carbocycles. The van der Waals surface area contributed by atoms with Crippen molar-refractivity contribution in [3.8, 4) is 16.9 Å². The predicted octanol–water partition coefficient (Wildman–Crippen LogP) is 3.27. The number of ether oxygens (including phenoxy) is 1. The highest BCUT2D eigenvalue weighted by molar-refractivity contribution is 5.95. The Morgan fingerprint density at radius 2 is 1.80 bits per heavy atom. The van der Waals surface area contributed by atoms with Crippen molar-refractivity contribution in [3.05, 3.63) is 48.0 Å². The quantitative estimate of drug-likeness (QED) is 0.785. The molecule has 1 amide bonds. The maximum absolute atomic E-state index is 11.9.